The van der Waals surface area contributed by atoms with Gasteiger partial charge < -0.3 is 9.47 Å². The van der Waals surface area contributed by atoms with E-state index in [1.807, 2.05) is 0 Å². The molecule has 3 aromatic carbocycles. The molecule has 5 aliphatic rings. The lowest BCUT2D eigenvalue weighted by Crippen LogP contribution is -2.61. The second kappa shape index (κ2) is 11.6. The third-order valence-electron chi connectivity index (χ3n) is 10.2. The molecule has 3 atom stereocenters. The van der Waals surface area contributed by atoms with Crippen molar-refractivity contribution in [1.82, 2.24) is 0 Å². The Bertz CT molecular complexity index is 1940. The minimum absolute atomic E-state index is 0.0307. The number of hydrogen-bond donors (Lipinski definition) is 0. The maximum Gasteiger partial charge on any atom is 0.432 e. The summed E-state index contributed by atoms with van der Waals surface area (Å²) in [6.45, 7) is 4.99. The lowest BCUT2D eigenvalue weighted by atomic mass is 9.48. The van der Waals surface area contributed by atoms with Crippen LogP contribution in [0.1, 0.15) is 45.4 Å². The van der Waals surface area contributed by atoms with E-state index in [0.29, 0.717) is 30.4 Å². The van der Waals surface area contributed by atoms with Gasteiger partial charge in [0.2, 0.25) is 0 Å². The highest BCUT2D eigenvalue weighted by Gasteiger charge is 2.70. The summed E-state index contributed by atoms with van der Waals surface area (Å²) in [5.41, 5.74) is -1.87. The fourth-order valence-electron chi connectivity index (χ4n) is 8.67. The van der Waals surface area contributed by atoms with E-state index in [2.05, 4.69) is 11.3 Å². The number of carbonyl (C=O) groups excluding carboxylic acids is 2. The highest BCUT2D eigenvalue weighted by Crippen LogP contribution is 2.77. The molecular weight excluding hydrogens is 704 g/mol. The van der Waals surface area contributed by atoms with Crippen molar-refractivity contribution in [3.8, 4) is 11.1 Å². The smallest absolute Gasteiger partial charge is 0.432 e. The number of carbonyl (C=O) groups is 2. The van der Waals surface area contributed by atoms with Gasteiger partial charge in [0, 0.05) is 26.7 Å². The Hall–Kier alpha value is -3.75. The molecule has 4 saturated carbocycles. The molecule has 1 aliphatic heterocycles. The molecule has 4 bridgehead atoms. The zero-order valence-corrected chi connectivity index (χ0v) is 28.4. The predicted octanol–water partition coefficient (Wildman–Crippen LogP) is 8.74. The number of ether oxygens (including phenoxy) is 2. The molecular formula is C36H33F5O7S2. The van der Waals surface area contributed by atoms with E-state index in [4.69, 9.17) is 8.37 Å². The maximum absolute atomic E-state index is 16.3. The molecule has 3 unspecified atom stereocenters. The topological polar surface area (TPSA) is 96.0 Å². The molecule has 0 aromatic heterocycles. The average molecular weight is 737 g/mol. The zero-order valence-electron chi connectivity index (χ0n) is 26.8. The molecule has 266 valence electrons. The molecule has 0 radical (unpaired) electrons. The quantitative estimate of drug-likeness (QED) is 0.123. The number of halogens is 5. The SMILES string of the molecule is C=C(C)C(=O)OC12CC3CC(C1)CC(C(=O)OC(C(F)(F)F)C(F)(F)S(=O)(=O)OS1(c4ccccc4)c4ccccc4-c4ccccc41)(C3)C2. The predicted molar refractivity (Wildman–Crippen MR) is 172 cm³/mol. The first kappa shape index (κ1) is 34.7. The number of esters is 2. The Morgan fingerprint density at radius 2 is 1.36 bits per heavy atom. The summed E-state index contributed by atoms with van der Waals surface area (Å²) in [5.74, 6) is -2.82. The molecule has 8 rings (SSSR count). The second-order valence-electron chi connectivity index (χ2n) is 13.9. The fourth-order valence-corrected chi connectivity index (χ4v) is 14.2. The first-order valence-corrected chi connectivity index (χ1v) is 19.0. The Kier molecular flexibility index (Phi) is 8.07. The summed E-state index contributed by atoms with van der Waals surface area (Å²) in [4.78, 5) is 26.9. The molecule has 4 aliphatic carbocycles. The van der Waals surface area contributed by atoms with Crippen LogP contribution in [0.4, 0.5) is 22.0 Å². The summed E-state index contributed by atoms with van der Waals surface area (Å²) in [5, 5.41) is -5.78. The molecule has 0 saturated heterocycles. The lowest BCUT2D eigenvalue weighted by molar-refractivity contribution is -0.269. The van der Waals surface area contributed by atoms with E-state index in [1.54, 1.807) is 42.5 Å². The Morgan fingerprint density at radius 1 is 0.840 bits per heavy atom. The first-order valence-electron chi connectivity index (χ1n) is 16.0. The van der Waals surface area contributed by atoms with Crippen molar-refractivity contribution in [2.75, 3.05) is 0 Å². The van der Waals surface area contributed by atoms with E-state index in [9.17, 15) is 31.2 Å². The molecule has 3 aromatic rings. The average Bonchev–Trinajstić information content (AvgIpc) is 3.32. The van der Waals surface area contributed by atoms with Crippen LogP contribution in [0.2, 0.25) is 0 Å². The zero-order chi connectivity index (χ0) is 35.9. The van der Waals surface area contributed by atoms with Crippen LogP contribution < -0.4 is 0 Å². The van der Waals surface area contributed by atoms with Crippen molar-refractivity contribution in [2.45, 2.75) is 83.3 Å². The second-order valence-corrected chi connectivity index (χ2v) is 18.3. The van der Waals surface area contributed by atoms with Gasteiger partial charge in [-0.05, 0) is 96.6 Å². The van der Waals surface area contributed by atoms with Gasteiger partial charge in [-0.15, -0.1) is 0 Å². The molecule has 0 spiro atoms. The summed E-state index contributed by atoms with van der Waals surface area (Å²) in [7, 11) is -10.1. The monoisotopic (exact) mass is 736 g/mol. The lowest BCUT2D eigenvalue weighted by Gasteiger charge is -2.59. The van der Waals surface area contributed by atoms with Crippen LogP contribution in [0, 0.1) is 17.3 Å². The van der Waals surface area contributed by atoms with Gasteiger partial charge in [0.05, 0.1) is 5.41 Å². The fraction of sp³-hybridized carbons (Fsp3) is 0.389. The van der Waals surface area contributed by atoms with Crippen LogP contribution in [-0.2, 0) is 32.8 Å². The third-order valence-corrected chi connectivity index (χ3v) is 15.5. The Labute approximate surface area is 287 Å². The van der Waals surface area contributed by atoms with Crippen molar-refractivity contribution in [2.24, 2.45) is 17.3 Å². The van der Waals surface area contributed by atoms with Crippen molar-refractivity contribution in [3.63, 3.8) is 0 Å². The molecule has 1 heterocycles. The summed E-state index contributed by atoms with van der Waals surface area (Å²) < 4.78 is 120. The van der Waals surface area contributed by atoms with Crippen LogP contribution in [-0.4, -0.2) is 43.5 Å². The normalized spacial score (nSPS) is 27.5. The van der Waals surface area contributed by atoms with Gasteiger partial charge in [-0.25, -0.2) is 8.42 Å². The Morgan fingerprint density at radius 3 is 1.88 bits per heavy atom. The summed E-state index contributed by atoms with van der Waals surface area (Å²) >= 11 is 0. The van der Waals surface area contributed by atoms with Crippen molar-refractivity contribution < 1.29 is 53.1 Å². The summed E-state index contributed by atoms with van der Waals surface area (Å²) in [6.07, 6.45) is -9.27. The Balaban J connectivity index is 1.26. The largest absolute Gasteiger partial charge is 0.456 e. The first-order chi connectivity index (χ1) is 23.4. The minimum Gasteiger partial charge on any atom is -0.456 e. The highest BCUT2D eigenvalue weighted by molar-refractivity contribution is 8.33. The highest BCUT2D eigenvalue weighted by atomic mass is 32.3. The molecule has 0 amide bonds. The molecule has 50 heavy (non-hydrogen) atoms. The minimum atomic E-state index is -6.53. The number of hydrogen-bond acceptors (Lipinski definition) is 7. The van der Waals surface area contributed by atoms with Crippen molar-refractivity contribution >= 4 is 32.4 Å². The van der Waals surface area contributed by atoms with E-state index in [1.165, 1.54) is 43.3 Å². The van der Waals surface area contributed by atoms with Crippen LogP contribution >= 0.6 is 10.3 Å². The van der Waals surface area contributed by atoms with E-state index in [0.717, 1.165) is 0 Å². The van der Waals surface area contributed by atoms with Crippen molar-refractivity contribution in [3.05, 3.63) is 91.0 Å². The number of fused-ring (bicyclic) bond motifs is 3. The van der Waals surface area contributed by atoms with E-state index < -0.39 is 60.9 Å². The van der Waals surface area contributed by atoms with Crippen LogP contribution in [0.25, 0.3) is 11.1 Å². The van der Waals surface area contributed by atoms with Crippen LogP contribution in [0.15, 0.2) is 106 Å². The van der Waals surface area contributed by atoms with Crippen molar-refractivity contribution in [1.29, 1.82) is 0 Å². The maximum atomic E-state index is 16.3. The van der Waals surface area contributed by atoms with E-state index in [-0.39, 0.29) is 51.4 Å². The van der Waals surface area contributed by atoms with Gasteiger partial charge in [0.15, 0.2) is 0 Å². The van der Waals surface area contributed by atoms with Gasteiger partial charge in [0.25, 0.3) is 6.10 Å². The van der Waals surface area contributed by atoms with Crippen LogP contribution in [0.3, 0.4) is 0 Å². The third kappa shape index (κ3) is 5.36. The number of benzene rings is 3. The molecule has 7 nitrogen and oxygen atoms in total. The van der Waals surface area contributed by atoms with Gasteiger partial charge in [0.1, 0.15) is 5.60 Å². The standard InChI is InChI=1S/C36H33F5O7S2/c1-22(2)30(42)47-34-19-23-16-24(20-34)18-33(17-23,21-34)32(43)46-31(35(37,38)39)36(40,41)50(44,45)48-49(25-10-4-3-5-11-25)28-14-8-6-12-26(28)27-13-7-9-15-29(27)49/h3-15,23-24,31H,1,16-21H2,2H3. The van der Waals surface area contributed by atoms with E-state index >= 15 is 8.78 Å². The summed E-state index contributed by atoms with van der Waals surface area (Å²) in [6, 6.07) is 20.3. The van der Waals surface area contributed by atoms with Gasteiger partial charge in [-0.1, -0.05) is 61.2 Å². The van der Waals surface area contributed by atoms with Crippen LogP contribution in [0.5, 0.6) is 0 Å². The number of rotatable bonds is 9. The van der Waals surface area contributed by atoms with Gasteiger partial charge in [-0.3, -0.25) is 4.79 Å². The molecule has 14 heteroatoms. The van der Waals surface area contributed by atoms with Gasteiger partial charge in [-0.2, -0.15) is 30.4 Å². The number of alkyl halides is 5. The molecule has 0 N–H and O–H groups in total. The molecule has 4 fully saturated rings. The van der Waals surface area contributed by atoms with Gasteiger partial charge >= 0.3 is 33.5 Å².